The largest absolute Gasteiger partial charge is 0.351 e. The summed E-state index contributed by atoms with van der Waals surface area (Å²) < 4.78 is 2.13. The number of hydrogen-bond acceptors (Lipinski definition) is 1. The number of hydrogen-bond donors (Lipinski definition) is 0. The van der Waals surface area contributed by atoms with E-state index in [2.05, 4.69) is 42.1 Å². The van der Waals surface area contributed by atoms with Crippen molar-refractivity contribution < 1.29 is 4.79 Å². The first-order valence-electron chi connectivity index (χ1n) is 7.06. The Balaban J connectivity index is 1.73. The van der Waals surface area contributed by atoms with Gasteiger partial charge in [-0.05, 0) is 37.0 Å². The first-order valence-corrected chi connectivity index (χ1v) is 7.06. The van der Waals surface area contributed by atoms with Crippen molar-refractivity contribution in [2.45, 2.75) is 25.7 Å². The summed E-state index contributed by atoms with van der Waals surface area (Å²) in [6.45, 7) is 1.91. The van der Waals surface area contributed by atoms with E-state index in [1.807, 2.05) is 4.90 Å². The zero-order valence-electron chi connectivity index (χ0n) is 11.4. The number of rotatable bonds is 3. The molecule has 0 bridgehead atoms. The summed E-state index contributed by atoms with van der Waals surface area (Å²) in [5.74, 6) is 0.311. The fourth-order valence-corrected chi connectivity index (χ4v) is 2.95. The fourth-order valence-electron chi connectivity index (χ4n) is 2.95. The van der Waals surface area contributed by atoms with Crippen molar-refractivity contribution >= 4 is 16.8 Å². The number of aryl methyl sites for hydroxylation is 2. The number of amides is 1. The third-order valence-electron chi connectivity index (χ3n) is 4.09. The van der Waals surface area contributed by atoms with Crippen molar-refractivity contribution in [3.8, 4) is 0 Å². The van der Waals surface area contributed by atoms with Crippen molar-refractivity contribution in [2.24, 2.45) is 7.05 Å². The normalized spacial score (nSPS) is 15.3. The minimum absolute atomic E-state index is 0.311. The van der Waals surface area contributed by atoms with Gasteiger partial charge >= 0.3 is 0 Å². The van der Waals surface area contributed by atoms with Gasteiger partial charge in [0.15, 0.2) is 0 Å². The number of fused-ring (bicyclic) bond motifs is 1. The lowest BCUT2D eigenvalue weighted by atomic mass is 10.0. The molecule has 1 aliphatic heterocycles. The van der Waals surface area contributed by atoms with Crippen LogP contribution in [0.2, 0.25) is 0 Å². The van der Waals surface area contributed by atoms with Gasteiger partial charge in [-0.3, -0.25) is 4.79 Å². The van der Waals surface area contributed by atoms with Crippen LogP contribution in [0.25, 0.3) is 10.9 Å². The molecule has 0 saturated carbocycles. The average Bonchev–Trinajstić information content (AvgIpc) is 3.07. The second-order valence-corrected chi connectivity index (χ2v) is 5.36. The van der Waals surface area contributed by atoms with Crippen LogP contribution < -0.4 is 0 Å². The lowest BCUT2D eigenvalue weighted by Gasteiger charge is -2.15. The molecule has 0 N–H and O–H groups in total. The van der Waals surface area contributed by atoms with Crippen molar-refractivity contribution in [1.82, 2.24) is 9.47 Å². The van der Waals surface area contributed by atoms with Gasteiger partial charge in [-0.2, -0.15) is 0 Å². The van der Waals surface area contributed by atoms with Crippen LogP contribution >= 0.6 is 0 Å². The molecule has 1 fully saturated rings. The topological polar surface area (TPSA) is 25.2 Å². The highest BCUT2D eigenvalue weighted by Crippen LogP contribution is 2.21. The molecule has 3 rings (SSSR count). The van der Waals surface area contributed by atoms with Gasteiger partial charge in [0.2, 0.25) is 5.91 Å². The second-order valence-electron chi connectivity index (χ2n) is 5.36. The van der Waals surface area contributed by atoms with Crippen LogP contribution in [0, 0.1) is 0 Å². The average molecular weight is 256 g/mol. The van der Waals surface area contributed by atoms with Crippen LogP contribution in [-0.4, -0.2) is 28.5 Å². The van der Waals surface area contributed by atoms with E-state index < -0.39 is 0 Å². The molecule has 0 unspecified atom stereocenters. The molecule has 1 amide bonds. The highest BCUT2D eigenvalue weighted by Gasteiger charge is 2.17. The molecule has 0 radical (unpaired) electrons. The summed E-state index contributed by atoms with van der Waals surface area (Å²) in [4.78, 5) is 14.1. The standard InChI is InChI=1S/C16H20N2O/c1-17-12-9-14-13(5-4-6-15(14)17)7-8-16(19)18-10-2-3-11-18/h4-6,9,12H,2-3,7-8,10-11H2,1H3. The molecule has 0 atom stereocenters. The molecule has 1 aromatic carbocycles. The van der Waals surface area contributed by atoms with E-state index in [0.717, 1.165) is 19.5 Å². The molecule has 1 saturated heterocycles. The Kier molecular flexibility index (Phi) is 3.28. The van der Waals surface area contributed by atoms with Gasteiger partial charge in [0.25, 0.3) is 0 Å². The van der Waals surface area contributed by atoms with Crippen LogP contribution in [0.5, 0.6) is 0 Å². The molecule has 1 aliphatic rings. The van der Waals surface area contributed by atoms with Crippen LogP contribution in [0.3, 0.4) is 0 Å². The van der Waals surface area contributed by atoms with E-state index >= 15 is 0 Å². The van der Waals surface area contributed by atoms with E-state index in [0.29, 0.717) is 12.3 Å². The Morgan fingerprint density at radius 2 is 2.00 bits per heavy atom. The third kappa shape index (κ3) is 2.37. The molecule has 100 valence electrons. The first kappa shape index (κ1) is 12.3. The molecule has 3 nitrogen and oxygen atoms in total. The molecule has 0 spiro atoms. The predicted molar refractivity (Wildman–Crippen MR) is 77.1 cm³/mol. The van der Waals surface area contributed by atoms with Gasteiger partial charge in [-0.25, -0.2) is 0 Å². The van der Waals surface area contributed by atoms with E-state index in [-0.39, 0.29) is 0 Å². The van der Waals surface area contributed by atoms with Crippen molar-refractivity contribution in [1.29, 1.82) is 0 Å². The molecular weight excluding hydrogens is 236 g/mol. The quantitative estimate of drug-likeness (QED) is 0.829. The van der Waals surface area contributed by atoms with Crippen LogP contribution in [0.15, 0.2) is 30.5 Å². The van der Waals surface area contributed by atoms with Crippen molar-refractivity contribution in [3.63, 3.8) is 0 Å². The molecule has 2 aromatic rings. The third-order valence-corrected chi connectivity index (χ3v) is 4.09. The molecule has 1 aromatic heterocycles. The summed E-state index contributed by atoms with van der Waals surface area (Å²) in [7, 11) is 2.06. The molecular formula is C16H20N2O. The molecule has 2 heterocycles. The summed E-state index contributed by atoms with van der Waals surface area (Å²) in [6, 6.07) is 8.49. The lowest BCUT2D eigenvalue weighted by molar-refractivity contribution is -0.130. The van der Waals surface area contributed by atoms with Gasteiger partial charge < -0.3 is 9.47 Å². The Morgan fingerprint density at radius 3 is 2.79 bits per heavy atom. The van der Waals surface area contributed by atoms with Gasteiger partial charge in [-0.15, -0.1) is 0 Å². The zero-order valence-corrected chi connectivity index (χ0v) is 11.4. The summed E-state index contributed by atoms with van der Waals surface area (Å²) in [6.07, 6.45) is 5.89. The minimum Gasteiger partial charge on any atom is -0.351 e. The maximum atomic E-state index is 12.1. The maximum Gasteiger partial charge on any atom is 0.222 e. The molecule has 0 aliphatic carbocycles. The predicted octanol–water partition coefficient (Wildman–Crippen LogP) is 2.73. The van der Waals surface area contributed by atoms with E-state index in [1.54, 1.807) is 0 Å². The Hall–Kier alpha value is -1.77. The highest BCUT2D eigenvalue weighted by atomic mass is 16.2. The summed E-state index contributed by atoms with van der Waals surface area (Å²) >= 11 is 0. The van der Waals surface area contributed by atoms with Crippen LogP contribution in [0.4, 0.5) is 0 Å². The summed E-state index contributed by atoms with van der Waals surface area (Å²) in [5.41, 5.74) is 2.52. The number of benzene rings is 1. The second kappa shape index (κ2) is 5.08. The number of aromatic nitrogens is 1. The molecule has 3 heteroatoms. The Morgan fingerprint density at radius 1 is 1.21 bits per heavy atom. The number of likely N-dealkylation sites (tertiary alicyclic amines) is 1. The van der Waals surface area contributed by atoms with Crippen LogP contribution in [-0.2, 0) is 18.3 Å². The summed E-state index contributed by atoms with van der Waals surface area (Å²) in [5, 5.41) is 1.28. The van der Waals surface area contributed by atoms with Gasteiger partial charge in [0, 0.05) is 43.7 Å². The van der Waals surface area contributed by atoms with E-state index in [9.17, 15) is 4.79 Å². The van der Waals surface area contributed by atoms with Gasteiger partial charge in [0.1, 0.15) is 0 Å². The van der Waals surface area contributed by atoms with E-state index in [4.69, 9.17) is 0 Å². The van der Waals surface area contributed by atoms with Gasteiger partial charge in [0.05, 0.1) is 0 Å². The highest BCUT2D eigenvalue weighted by molar-refractivity contribution is 5.84. The monoisotopic (exact) mass is 256 g/mol. The minimum atomic E-state index is 0.311. The zero-order chi connectivity index (χ0) is 13.2. The SMILES string of the molecule is Cn1ccc2c(CCC(=O)N3CCCC3)cccc21. The lowest BCUT2D eigenvalue weighted by Crippen LogP contribution is -2.27. The van der Waals surface area contributed by atoms with Crippen molar-refractivity contribution in [2.75, 3.05) is 13.1 Å². The smallest absolute Gasteiger partial charge is 0.222 e. The number of carbonyl (C=O) groups excluding carboxylic acids is 1. The Bertz CT molecular complexity index is 594. The Labute approximate surface area is 113 Å². The number of nitrogens with zero attached hydrogens (tertiary/aromatic N) is 2. The van der Waals surface area contributed by atoms with Gasteiger partial charge in [-0.1, -0.05) is 12.1 Å². The maximum absolute atomic E-state index is 12.1. The molecule has 19 heavy (non-hydrogen) atoms. The fraction of sp³-hybridized carbons (Fsp3) is 0.438. The number of carbonyl (C=O) groups is 1. The van der Waals surface area contributed by atoms with Crippen LogP contribution in [0.1, 0.15) is 24.8 Å². The first-order chi connectivity index (χ1) is 9.25. The van der Waals surface area contributed by atoms with Crippen molar-refractivity contribution in [3.05, 3.63) is 36.0 Å². The van der Waals surface area contributed by atoms with E-state index in [1.165, 1.54) is 29.3 Å².